The van der Waals surface area contributed by atoms with Crippen LogP contribution in [0.1, 0.15) is 26.3 Å². The second-order valence-electron chi connectivity index (χ2n) is 6.33. The minimum atomic E-state index is -3.95. The van der Waals surface area contributed by atoms with Crippen molar-refractivity contribution in [1.82, 2.24) is 0 Å². The van der Waals surface area contributed by atoms with Crippen molar-refractivity contribution < 1.29 is 23.1 Å². The Morgan fingerprint density at radius 2 is 1.77 bits per heavy atom. The van der Waals surface area contributed by atoms with Crippen molar-refractivity contribution in [3.05, 3.63) is 94.5 Å². The van der Waals surface area contributed by atoms with E-state index in [-0.39, 0.29) is 27.0 Å². The highest BCUT2D eigenvalue weighted by atomic mass is 32.2. The van der Waals surface area contributed by atoms with Gasteiger partial charge in [0.2, 0.25) is 5.78 Å². The molecule has 9 heteroatoms. The fourth-order valence-corrected chi connectivity index (χ4v) is 4.93. The van der Waals surface area contributed by atoms with Crippen molar-refractivity contribution in [3.63, 3.8) is 0 Å². The summed E-state index contributed by atoms with van der Waals surface area (Å²) in [5.74, 6) is -1.45. The summed E-state index contributed by atoms with van der Waals surface area (Å²) >= 11 is 1.05. The first kappa shape index (κ1) is 19.7. The number of carboxylic acids is 1. The molecule has 3 aromatic rings. The van der Waals surface area contributed by atoms with Crippen LogP contribution in [-0.4, -0.2) is 31.0 Å². The Morgan fingerprint density at radius 1 is 1.00 bits per heavy atom. The van der Waals surface area contributed by atoms with Crippen LogP contribution < -0.4 is 5.32 Å². The van der Waals surface area contributed by atoms with Crippen molar-refractivity contribution >= 4 is 44.5 Å². The Morgan fingerprint density at radius 3 is 2.47 bits per heavy atom. The largest absolute Gasteiger partial charge is 0.478 e. The van der Waals surface area contributed by atoms with Gasteiger partial charge in [-0.1, -0.05) is 36.4 Å². The molecule has 0 amide bonds. The van der Waals surface area contributed by atoms with Gasteiger partial charge in [-0.2, -0.15) is 12.8 Å². The maximum atomic E-state index is 12.9. The molecule has 4 rings (SSSR count). The van der Waals surface area contributed by atoms with Gasteiger partial charge in [-0.3, -0.25) is 4.79 Å². The Hall–Kier alpha value is -3.56. The van der Waals surface area contributed by atoms with Gasteiger partial charge in [0.15, 0.2) is 0 Å². The van der Waals surface area contributed by atoms with E-state index in [0.29, 0.717) is 16.8 Å². The molecule has 0 atom stereocenters. The molecule has 0 bridgehead atoms. The van der Waals surface area contributed by atoms with E-state index in [4.69, 9.17) is 5.11 Å². The number of rotatable bonds is 5. The van der Waals surface area contributed by atoms with Crippen molar-refractivity contribution in [2.24, 2.45) is 4.40 Å². The maximum absolute atomic E-state index is 12.9. The average Bonchev–Trinajstić information content (AvgIpc) is 3.27. The van der Waals surface area contributed by atoms with E-state index in [1.54, 1.807) is 47.8 Å². The van der Waals surface area contributed by atoms with Crippen LogP contribution in [0.2, 0.25) is 0 Å². The lowest BCUT2D eigenvalue weighted by Crippen LogP contribution is -2.22. The first-order chi connectivity index (χ1) is 14.3. The van der Waals surface area contributed by atoms with Crippen molar-refractivity contribution in [2.75, 3.05) is 5.32 Å². The standard InChI is InChI=1S/C21H14N2O5S2/c24-20-16-8-2-1-7-15(16)17(23-30(27,28)19-9-4-10-29-19)12-18(20)22-14-6-3-5-13(11-14)21(25)26/h1-12,22H,(H,25,26)/b23-17+. The van der Waals surface area contributed by atoms with Crippen LogP contribution in [0, 0.1) is 0 Å². The van der Waals surface area contributed by atoms with Crippen molar-refractivity contribution in [2.45, 2.75) is 4.21 Å². The second-order valence-corrected chi connectivity index (χ2v) is 9.11. The number of carbonyl (C=O) groups excluding carboxylic acids is 1. The summed E-state index contributed by atoms with van der Waals surface area (Å²) in [7, 11) is -3.95. The number of sulfonamides is 1. The fourth-order valence-electron chi connectivity index (χ4n) is 2.97. The number of ketones is 1. The monoisotopic (exact) mass is 438 g/mol. The van der Waals surface area contributed by atoms with Gasteiger partial charge in [0.1, 0.15) is 4.21 Å². The van der Waals surface area contributed by atoms with Gasteiger partial charge in [-0.15, -0.1) is 11.3 Å². The minimum absolute atomic E-state index is 0.0541. The summed E-state index contributed by atoms with van der Waals surface area (Å²) in [4.78, 5) is 24.1. The lowest BCUT2D eigenvalue weighted by molar-refractivity contribution is 0.0696. The Balaban J connectivity index is 1.80. The molecule has 0 aliphatic heterocycles. The molecule has 7 nitrogen and oxygen atoms in total. The second kappa shape index (κ2) is 7.69. The van der Waals surface area contributed by atoms with Crippen molar-refractivity contribution in [3.8, 4) is 0 Å². The van der Waals surface area contributed by atoms with Crippen LogP contribution in [0.15, 0.2) is 86.4 Å². The fraction of sp³-hybridized carbons (Fsp3) is 0. The molecule has 0 saturated heterocycles. The number of aromatic carboxylic acids is 1. The molecule has 1 aromatic heterocycles. The molecule has 1 aliphatic rings. The van der Waals surface area contributed by atoms with E-state index in [1.807, 2.05) is 0 Å². The number of benzene rings is 2. The summed E-state index contributed by atoms with van der Waals surface area (Å²) in [5, 5.41) is 13.7. The van der Waals surface area contributed by atoms with E-state index in [2.05, 4.69) is 9.71 Å². The Kier molecular flexibility index (Phi) is 5.06. The highest BCUT2D eigenvalue weighted by Gasteiger charge is 2.26. The van der Waals surface area contributed by atoms with Crippen LogP contribution in [-0.2, 0) is 10.0 Å². The summed E-state index contributed by atoms with van der Waals surface area (Å²) in [6.07, 6.45) is 1.36. The molecule has 0 radical (unpaired) electrons. The lowest BCUT2D eigenvalue weighted by Gasteiger charge is -2.18. The van der Waals surface area contributed by atoms with Gasteiger partial charge in [0, 0.05) is 16.8 Å². The van der Waals surface area contributed by atoms with Crippen LogP contribution in [0.25, 0.3) is 0 Å². The van der Waals surface area contributed by atoms with Crippen LogP contribution in [0.3, 0.4) is 0 Å². The third kappa shape index (κ3) is 3.80. The quantitative estimate of drug-likeness (QED) is 0.626. The summed E-state index contributed by atoms with van der Waals surface area (Å²) in [6, 6.07) is 15.7. The number of nitrogens with zero attached hydrogens (tertiary/aromatic N) is 1. The molecular weight excluding hydrogens is 424 g/mol. The van der Waals surface area contributed by atoms with Crippen LogP contribution >= 0.6 is 11.3 Å². The number of fused-ring (bicyclic) bond motifs is 1. The molecule has 2 aromatic carbocycles. The maximum Gasteiger partial charge on any atom is 0.335 e. The molecule has 0 unspecified atom stereocenters. The van der Waals surface area contributed by atoms with Gasteiger partial charge in [-0.05, 0) is 35.7 Å². The molecule has 0 fully saturated rings. The van der Waals surface area contributed by atoms with E-state index >= 15 is 0 Å². The predicted molar refractivity (Wildman–Crippen MR) is 114 cm³/mol. The predicted octanol–water partition coefficient (Wildman–Crippen LogP) is 3.82. The van der Waals surface area contributed by atoms with Gasteiger partial charge in [0.25, 0.3) is 10.0 Å². The smallest absolute Gasteiger partial charge is 0.335 e. The molecule has 0 spiro atoms. The number of hydrogen-bond donors (Lipinski definition) is 2. The zero-order valence-corrected chi connectivity index (χ0v) is 16.9. The Bertz CT molecular complexity index is 1320. The average molecular weight is 438 g/mol. The zero-order valence-electron chi connectivity index (χ0n) is 15.3. The van der Waals surface area contributed by atoms with Crippen molar-refractivity contribution in [1.29, 1.82) is 0 Å². The molecule has 30 heavy (non-hydrogen) atoms. The van der Waals surface area contributed by atoms with Crippen LogP contribution in [0.5, 0.6) is 0 Å². The SMILES string of the molecule is O=C(O)c1cccc(NC2=C/C(=N\S(=O)(=O)c3cccs3)c3ccccc3C2=O)c1. The van der Waals surface area contributed by atoms with E-state index in [1.165, 1.54) is 24.3 Å². The number of nitrogens with one attached hydrogen (secondary N) is 1. The topological polar surface area (TPSA) is 113 Å². The summed E-state index contributed by atoms with van der Waals surface area (Å²) < 4.78 is 29.4. The molecule has 0 saturated carbocycles. The first-order valence-corrected chi connectivity index (χ1v) is 11.0. The third-order valence-electron chi connectivity index (χ3n) is 4.33. The molecule has 150 valence electrons. The van der Waals surface area contributed by atoms with Crippen LogP contribution in [0.4, 0.5) is 5.69 Å². The lowest BCUT2D eigenvalue weighted by atomic mass is 9.92. The van der Waals surface area contributed by atoms with Gasteiger partial charge < -0.3 is 10.4 Å². The molecule has 1 aliphatic carbocycles. The van der Waals surface area contributed by atoms with E-state index in [0.717, 1.165) is 11.3 Å². The number of thiophene rings is 1. The van der Waals surface area contributed by atoms with E-state index in [9.17, 15) is 18.0 Å². The number of anilines is 1. The number of hydrogen-bond acceptors (Lipinski definition) is 6. The van der Waals surface area contributed by atoms with Gasteiger partial charge >= 0.3 is 5.97 Å². The zero-order chi connectivity index (χ0) is 21.3. The summed E-state index contributed by atoms with van der Waals surface area (Å²) in [5.41, 5.74) is 1.36. The number of Topliss-reactive ketones (excluding diaryl/α,β-unsaturated/α-hetero) is 1. The normalized spacial score (nSPS) is 14.9. The molecule has 2 N–H and O–H groups in total. The van der Waals surface area contributed by atoms with E-state index < -0.39 is 16.0 Å². The molecule has 1 heterocycles. The summed E-state index contributed by atoms with van der Waals surface area (Å²) in [6.45, 7) is 0. The first-order valence-electron chi connectivity index (χ1n) is 8.70. The molecular formula is C21H14N2O5S2. The highest BCUT2D eigenvalue weighted by molar-refractivity contribution is 7.92. The van der Waals surface area contributed by atoms with Gasteiger partial charge in [0.05, 0.1) is 17.0 Å². The third-order valence-corrected chi connectivity index (χ3v) is 6.99. The minimum Gasteiger partial charge on any atom is -0.478 e. The number of carboxylic acid groups (broad SMARTS) is 1. The number of carbonyl (C=O) groups is 2. The Labute approximate surface area is 176 Å². The number of allylic oxidation sites excluding steroid dienone is 2. The highest BCUT2D eigenvalue weighted by Crippen LogP contribution is 2.26. The van der Waals surface area contributed by atoms with Gasteiger partial charge in [-0.25, -0.2) is 4.79 Å².